The number of carbonyl (C=O) groups excluding carboxylic acids is 2. The first-order chi connectivity index (χ1) is 12.4. The van der Waals surface area contributed by atoms with Crippen LogP contribution in [0.4, 0.5) is 10.5 Å². The molecule has 26 heavy (non-hydrogen) atoms. The molecular formula is C20H29N3O3. The topological polar surface area (TPSA) is 70.7 Å². The van der Waals surface area contributed by atoms with Crippen LogP contribution in [0, 0.1) is 17.8 Å². The molecule has 2 fully saturated rings. The zero-order valence-electron chi connectivity index (χ0n) is 15.8. The Morgan fingerprint density at radius 1 is 1.19 bits per heavy atom. The van der Waals surface area contributed by atoms with E-state index in [9.17, 15) is 9.59 Å². The number of rotatable bonds is 6. The molecule has 2 N–H and O–H groups in total. The van der Waals surface area contributed by atoms with Gasteiger partial charge in [-0.25, -0.2) is 4.79 Å². The maximum atomic E-state index is 12.3. The molecule has 1 aromatic carbocycles. The number of likely N-dealkylation sites (N-methyl/N-ethyl adjacent to an activating group) is 1. The Labute approximate surface area is 155 Å². The van der Waals surface area contributed by atoms with Crippen molar-refractivity contribution in [2.24, 2.45) is 17.8 Å². The summed E-state index contributed by atoms with van der Waals surface area (Å²) in [7, 11) is 3.38. The minimum Gasteiger partial charge on any atom is -0.484 e. The second-order valence-corrected chi connectivity index (χ2v) is 7.83. The van der Waals surface area contributed by atoms with Crippen molar-refractivity contribution >= 4 is 17.6 Å². The minimum atomic E-state index is -0.170. The largest absolute Gasteiger partial charge is 0.484 e. The lowest BCUT2D eigenvalue weighted by Crippen LogP contribution is -2.42. The zero-order valence-corrected chi connectivity index (χ0v) is 15.8. The van der Waals surface area contributed by atoms with Gasteiger partial charge in [0.1, 0.15) is 5.75 Å². The summed E-state index contributed by atoms with van der Waals surface area (Å²) in [5, 5.41) is 5.96. The highest BCUT2D eigenvalue weighted by molar-refractivity contribution is 5.89. The Hall–Kier alpha value is -2.24. The van der Waals surface area contributed by atoms with Crippen LogP contribution in [0.25, 0.3) is 0 Å². The van der Waals surface area contributed by atoms with Gasteiger partial charge in [0.2, 0.25) is 0 Å². The summed E-state index contributed by atoms with van der Waals surface area (Å²) < 4.78 is 5.43. The lowest BCUT2D eigenvalue weighted by atomic mass is 9.84. The molecule has 0 heterocycles. The Morgan fingerprint density at radius 2 is 1.92 bits per heavy atom. The summed E-state index contributed by atoms with van der Waals surface area (Å²) in [5.74, 6) is 2.79. The number of amides is 3. The van der Waals surface area contributed by atoms with Gasteiger partial charge in [-0.05, 0) is 68.2 Å². The fourth-order valence-corrected chi connectivity index (χ4v) is 4.30. The number of anilines is 1. The standard InChI is InChI=1S/C20H29N3O3/c1-13(18-11-14-4-5-15(18)10-14)21-20(25)22-16-6-8-17(9-7-16)26-12-19(24)23(2)3/h6-9,13-15,18H,4-5,10-12H2,1-3H3,(H2,21,22,25). The molecule has 0 spiro atoms. The van der Waals surface area contributed by atoms with E-state index >= 15 is 0 Å². The molecule has 0 aromatic heterocycles. The number of fused-ring (bicyclic) bond motifs is 2. The third kappa shape index (κ3) is 4.48. The molecular weight excluding hydrogens is 330 g/mol. The summed E-state index contributed by atoms with van der Waals surface area (Å²) in [6.07, 6.45) is 5.29. The number of hydrogen-bond donors (Lipinski definition) is 2. The van der Waals surface area contributed by atoms with Crippen LogP contribution in [-0.2, 0) is 4.79 Å². The smallest absolute Gasteiger partial charge is 0.319 e. The first-order valence-corrected chi connectivity index (χ1v) is 9.43. The third-order valence-corrected chi connectivity index (χ3v) is 5.77. The Morgan fingerprint density at radius 3 is 2.50 bits per heavy atom. The van der Waals surface area contributed by atoms with Gasteiger partial charge in [-0.2, -0.15) is 0 Å². The molecule has 0 aliphatic heterocycles. The average Bonchev–Trinajstić information content (AvgIpc) is 3.24. The van der Waals surface area contributed by atoms with Gasteiger partial charge in [0.15, 0.2) is 6.61 Å². The van der Waals surface area contributed by atoms with E-state index in [1.165, 1.54) is 30.6 Å². The van der Waals surface area contributed by atoms with Gasteiger partial charge in [-0.1, -0.05) is 6.42 Å². The molecule has 1 aromatic rings. The van der Waals surface area contributed by atoms with Crippen LogP contribution in [0.1, 0.15) is 32.6 Å². The molecule has 2 aliphatic carbocycles. The molecule has 0 radical (unpaired) electrons. The number of carbonyl (C=O) groups is 2. The third-order valence-electron chi connectivity index (χ3n) is 5.77. The number of benzene rings is 1. The molecule has 4 unspecified atom stereocenters. The summed E-state index contributed by atoms with van der Waals surface area (Å²) in [6.45, 7) is 2.12. The minimum absolute atomic E-state index is 0.00131. The summed E-state index contributed by atoms with van der Waals surface area (Å²) in [4.78, 5) is 25.3. The second-order valence-electron chi connectivity index (χ2n) is 7.83. The van der Waals surface area contributed by atoms with Crippen LogP contribution < -0.4 is 15.4 Å². The number of nitrogens with zero attached hydrogens (tertiary/aromatic N) is 1. The van der Waals surface area contributed by atoms with Crippen LogP contribution >= 0.6 is 0 Å². The van der Waals surface area contributed by atoms with Crippen molar-refractivity contribution in [3.63, 3.8) is 0 Å². The quantitative estimate of drug-likeness (QED) is 0.820. The van der Waals surface area contributed by atoms with Crippen molar-refractivity contribution in [3.05, 3.63) is 24.3 Å². The Balaban J connectivity index is 1.44. The second kappa shape index (κ2) is 7.98. The predicted molar refractivity (Wildman–Crippen MR) is 101 cm³/mol. The van der Waals surface area contributed by atoms with Gasteiger partial charge >= 0.3 is 6.03 Å². The maximum absolute atomic E-state index is 12.3. The average molecular weight is 359 g/mol. The molecule has 6 heteroatoms. The summed E-state index contributed by atoms with van der Waals surface area (Å²) in [5.41, 5.74) is 0.703. The number of ether oxygens (including phenoxy) is 1. The molecule has 3 amide bonds. The fraction of sp³-hybridized carbons (Fsp3) is 0.600. The SMILES string of the molecule is CC(NC(=O)Nc1ccc(OCC(=O)N(C)C)cc1)C1CC2CCC1C2. The van der Waals surface area contributed by atoms with E-state index in [1.54, 1.807) is 38.4 Å². The normalized spacial score (nSPS) is 24.8. The van der Waals surface area contributed by atoms with Crippen LogP contribution in [0.2, 0.25) is 0 Å². The molecule has 2 saturated carbocycles. The van der Waals surface area contributed by atoms with Gasteiger partial charge in [-0.3, -0.25) is 4.79 Å². The highest BCUT2D eigenvalue weighted by Gasteiger charge is 2.42. The van der Waals surface area contributed by atoms with Gasteiger partial charge < -0.3 is 20.3 Å². The van der Waals surface area contributed by atoms with Crippen LogP contribution in [0.5, 0.6) is 5.75 Å². The highest BCUT2D eigenvalue weighted by atomic mass is 16.5. The molecule has 3 rings (SSSR count). The number of urea groups is 1. The van der Waals surface area contributed by atoms with Crippen LogP contribution in [-0.4, -0.2) is 43.6 Å². The van der Waals surface area contributed by atoms with E-state index in [-0.39, 0.29) is 24.6 Å². The van der Waals surface area contributed by atoms with Crippen molar-refractivity contribution in [2.75, 3.05) is 26.0 Å². The van der Waals surface area contributed by atoms with Crippen molar-refractivity contribution in [3.8, 4) is 5.75 Å². The molecule has 6 nitrogen and oxygen atoms in total. The first-order valence-electron chi connectivity index (χ1n) is 9.43. The van der Waals surface area contributed by atoms with E-state index in [0.29, 0.717) is 17.4 Å². The zero-order chi connectivity index (χ0) is 18.7. The lowest BCUT2D eigenvalue weighted by Gasteiger charge is -2.28. The van der Waals surface area contributed by atoms with Crippen molar-refractivity contribution < 1.29 is 14.3 Å². The Bertz CT molecular complexity index is 644. The summed E-state index contributed by atoms with van der Waals surface area (Å²) >= 11 is 0. The fourth-order valence-electron chi connectivity index (χ4n) is 4.30. The predicted octanol–water partition coefficient (Wildman–Crippen LogP) is 3.10. The van der Waals surface area contributed by atoms with Crippen LogP contribution in [0.3, 0.4) is 0 Å². The number of hydrogen-bond acceptors (Lipinski definition) is 3. The summed E-state index contributed by atoms with van der Waals surface area (Å²) in [6, 6.07) is 7.08. The molecule has 0 saturated heterocycles. The van der Waals surface area contributed by atoms with E-state index in [2.05, 4.69) is 17.6 Å². The molecule has 2 bridgehead atoms. The highest BCUT2D eigenvalue weighted by Crippen LogP contribution is 2.49. The maximum Gasteiger partial charge on any atom is 0.319 e. The molecule has 142 valence electrons. The lowest BCUT2D eigenvalue weighted by molar-refractivity contribution is -0.130. The van der Waals surface area contributed by atoms with E-state index in [4.69, 9.17) is 4.74 Å². The van der Waals surface area contributed by atoms with E-state index in [1.807, 2.05) is 0 Å². The van der Waals surface area contributed by atoms with E-state index in [0.717, 1.165) is 11.8 Å². The van der Waals surface area contributed by atoms with Gasteiger partial charge in [-0.15, -0.1) is 0 Å². The van der Waals surface area contributed by atoms with Gasteiger partial charge in [0, 0.05) is 25.8 Å². The van der Waals surface area contributed by atoms with Crippen LogP contribution in [0.15, 0.2) is 24.3 Å². The molecule has 2 aliphatic rings. The Kier molecular flexibility index (Phi) is 5.69. The van der Waals surface area contributed by atoms with Crippen molar-refractivity contribution in [2.45, 2.75) is 38.6 Å². The van der Waals surface area contributed by atoms with Gasteiger partial charge in [0.05, 0.1) is 0 Å². The monoisotopic (exact) mass is 359 g/mol. The van der Waals surface area contributed by atoms with Crippen molar-refractivity contribution in [1.82, 2.24) is 10.2 Å². The number of nitrogens with one attached hydrogen (secondary N) is 2. The molecule has 4 atom stereocenters. The van der Waals surface area contributed by atoms with Gasteiger partial charge in [0.25, 0.3) is 5.91 Å². The van der Waals surface area contributed by atoms with E-state index < -0.39 is 0 Å². The van der Waals surface area contributed by atoms with Crippen molar-refractivity contribution in [1.29, 1.82) is 0 Å². The first kappa shape index (κ1) is 18.5.